The van der Waals surface area contributed by atoms with Crippen molar-refractivity contribution < 1.29 is 8.81 Å². The van der Waals surface area contributed by atoms with Crippen molar-refractivity contribution in [3.8, 4) is 0 Å². The highest BCUT2D eigenvalue weighted by atomic mass is 127. The molecule has 0 amide bonds. The predicted molar refractivity (Wildman–Crippen MR) is 89.2 cm³/mol. The van der Waals surface area contributed by atoms with E-state index in [-0.39, 0.29) is 5.82 Å². The first-order valence-corrected chi connectivity index (χ1v) is 8.23. The van der Waals surface area contributed by atoms with E-state index in [2.05, 4.69) is 4.98 Å². The van der Waals surface area contributed by atoms with E-state index >= 15 is 0 Å². The van der Waals surface area contributed by atoms with Crippen molar-refractivity contribution in [2.24, 2.45) is 0 Å². The summed E-state index contributed by atoms with van der Waals surface area (Å²) in [6.07, 6.45) is 3.05. The van der Waals surface area contributed by atoms with Gasteiger partial charge in [0.1, 0.15) is 17.4 Å². The highest BCUT2D eigenvalue weighted by molar-refractivity contribution is 14.1. The molecule has 2 aromatic heterocycles. The third kappa shape index (κ3) is 3.08. The maximum atomic E-state index is 13.8. The number of halogens is 3. The van der Waals surface area contributed by atoms with Gasteiger partial charge in [0.25, 0.3) is 0 Å². The molecule has 0 atom stereocenters. The Morgan fingerprint density at radius 2 is 2.19 bits per heavy atom. The van der Waals surface area contributed by atoms with Gasteiger partial charge < -0.3 is 8.98 Å². The smallest absolute Gasteiger partial charge is 0.138 e. The molecule has 0 fully saturated rings. The van der Waals surface area contributed by atoms with Crippen molar-refractivity contribution in [2.45, 2.75) is 19.4 Å². The first-order valence-electron chi connectivity index (χ1n) is 6.61. The van der Waals surface area contributed by atoms with Crippen molar-refractivity contribution >= 4 is 45.2 Å². The van der Waals surface area contributed by atoms with Gasteiger partial charge in [-0.3, -0.25) is 0 Å². The second-order valence-electron chi connectivity index (χ2n) is 4.70. The number of rotatable bonds is 5. The minimum atomic E-state index is -0.223. The Hall–Kier alpha value is -1.08. The Kier molecular flexibility index (Phi) is 4.49. The quantitative estimate of drug-likeness (QED) is 0.454. The Morgan fingerprint density at radius 1 is 1.33 bits per heavy atom. The number of benzene rings is 1. The van der Waals surface area contributed by atoms with Crippen LogP contribution in [0.2, 0.25) is 0 Å². The van der Waals surface area contributed by atoms with Gasteiger partial charge in [-0.15, -0.1) is 11.6 Å². The third-order valence-corrected chi connectivity index (χ3v) is 4.37. The molecule has 0 saturated carbocycles. The van der Waals surface area contributed by atoms with Crippen LogP contribution in [-0.2, 0) is 19.4 Å². The zero-order valence-electron chi connectivity index (χ0n) is 11.2. The molecule has 6 heteroatoms. The fourth-order valence-corrected chi connectivity index (χ4v) is 2.99. The van der Waals surface area contributed by atoms with E-state index in [1.807, 2.05) is 39.3 Å². The average Bonchev–Trinajstić information content (AvgIpc) is 3.06. The van der Waals surface area contributed by atoms with Gasteiger partial charge in [-0.1, -0.05) is 0 Å². The first-order chi connectivity index (χ1) is 10.2. The van der Waals surface area contributed by atoms with Crippen LogP contribution in [-0.4, -0.2) is 15.4 Å². The summed E-state index contributed by atoms with van der Waals surface area (Å²) >= 11 is 7.83. The fourth-order valence-electron chi connectivity index (χ4n) is 2.37. The van der Waals surface area contributed by atoms with Crippen molar-refractivity contribution in [1.29, 1.82) is 0 Å². The molecule has 0 N–H and O–H groups in total. The molecule has 110 valence electrons. The monoisotopic (exact) mass is 418 g/mol. The van der Waals surface area contributed by atoms with Crippen LogP contribution in [0.5, 0.6) is 0 Å². The molecular weight excluding hydrogens is 406 g/mol. The summed E-state index contributed by atoms with van der Waals surface area (Å²) < 4.78 is 21.8. The van der Waals surface area contributed by atoms with Gasteiger partial charge in [0.15, 0.2) is 0 Å². The molecule has 0 bridgehead atoms. The standard InChI is InChI=1S/C15H13ClFIN2O/c16-5-3-15-19-13-9-12(18)11(17)8-14(13)20(15)6-4-10-2-1-7-21-10/h1-2,7-9H,3-6H2. The van der Waals surface area contributed by atoms with E-state index < -0.39 is 0 Å². The average molecular weight is 419 g/mol. The second kappa shape index (κ2) is 6.36. The number of hydrogen-bond donors (Lipinski definition) is 0. The molecule has 3 nitrogen and oxygen atoms in total. The van der Waals surface area contributed by atoms with Gasteiger partial charge >= 0.3 is 0 Å². The number of aromatic nitrogens is 2. The molecule has 0 aliphatic rings. The van der Waals surface area contributed by atoms with Crippen molar-refractivity contribution in [3.05, 3.63) is 51.5 Å². The van der Waals surface area contributed by atoms with E-state index in [1.54, 1.807) is 18.4 Å². The number of imidazole rings is 1. The largest absolute Gasteiger partial charge is 0.469 e. The zero-order valence-corrected chi connectivity index (χ0v) is 14.1. The number of fused-ring (bicyclic) bond motifs is 1. The lowest BCUT2D eigenvalue weighted by Gasteiger charge is -2.07. The number of hydrogen-bond acceptors (Lipinski definition) is 2. The Bertz CT molecular complexity index is 755. The molecule has 21 heavy (non-hydrogen) atoms. The van der Waals surface area contributed by atoms with E-state index in [0.717, 1.165) is 29.0 Å². The van der Waals surface area contributed by atoms with Crippen LogP contribution in [0, 0.1) is 9.39 Å². The van der Waals surface area contributed by atoms with Gasteiger partial charge in [-0.2, -0.15) is 0 Å². The Labute approximate surface area is 140 Å². The van der Waals surface area contributed by atoms with Crippen LogP contribution in [0.1, 0.15) is 11.6 Å². The summed E-state index contributed by atoms with van der Waals surface area (Å²) in [5.41, 5.74) is 1.61. The summed E-state index contributed by atoms with van der Waals surface area (Å²) in [5, 5.41) is 0. The Balaban J connectivity index is 2.00. The SMILES string of the molecule is Fc1cc2c(cc1I)nc(CCCl)n2CCc1ccco1. The molecule has 0 unspecified atom stereocenters. The number of nitrogens with zero attached hydrogens (tertiary/aromatic N) is 2. The first kappa shape index (κ1) is 14.8. The molecule has 0 aliphatic carbocycles. The molecule has 0 aliphatic heterocycles. The molecule has 3 aromatic rings. The Morgan fingerprint density at radius 3 is 2.90 bits per heavy atom. The topological polar surface area (TPSA) is 31.0 Å². The lowest BCUT2D eigenvalue weighted by Crippen LogP contribution is -2.07. The molecule has 1 aromatic carbocycles. The maximum absolute atomic E-state index is 13.8. The normalized spacial score (nSPS) is 11.4. The lowest BCUT2D eigenvalue weighted by atomic mass is 10.3. The lowest BCUT2D eigenvalue weighted by molar-refractivity contribution is 0.490. The van der Waals surface area contributed by atoms with E-state index in [0.29, 0.717) is 22.4 Å². The molecular formula is C15H13ClFIN2O. The highest BCUT2D eigenvalue weighted by Gasteiger charge is 2.13. The minimum absolute atomic E-state index is 0.223. The summed E-state index contributed by atoms with van der Waals surface area (Å²) in [4.78, 5) is 4.58. The van der Waals surface area contributed by atoms with Gasteiger partial charge in [0.2, 0.25) is 0 Å². The molecule has 0 radical (unpaired) electrons. The van der Waals surface area contributed by atoms with Crippen molar-refractivity contribution in [2.75, 3.05) is 5.88 Å². The van der Waals surface area contributed by atoms with Crippen LogP contribution < -0.4 is 0 Å². The predicted octanol–water partition coefficient (Wildman–Crippen LogP) is 4.40. The van der Waals surface area contributed by atoms with Crippen molar-refractivity contribution in [3.63, 3.8) is 0 Å². The second-order valence-corrected chi connectivity index (χ2v) is 6.24. The number of furan rings is 1. The summed E-state index contributed by atoms with van der Waals surface area (Å²) in [6, 6.07) is 7.11. The van der Waals surface area contributed by atoms with Crippen LogP contribution >= 0.6 is 34.2 Å². The summed E-state index contributed by atoms with van der Waals surface area (Å²) in [7, 11) is 0. The number of alkyl halides is 1. The molecule has 0 spiro atoms. The van der Waals surface area contributed by atoms with E-state index in [1.165, 1.54) is 0 Å². The van der Waals surface area contributed by atoms with E-state index in [4.69, 9.17) is 16.0 Å². The molecule has 3 rings (SSSR count). The van der Waals surface area contributed by atoms with Crippen LogP contribution in [0.3, 0.4) is 0 Å². The van der Waals surface area contributed by atoms with E-state index in [9.17, 15) is 4.39 Å². The third-order valence-electron chi connectivity index (χ3n) is 3.35. The minimum Gasteiger partial charge on any atom is -0.469 e. The summed E-state index contributed by atoms with van der Waals surface area (Å²) in [5.74, 6) is 2.05. The maximum Gasteiger partial charge on any atom is 0.138 e. The summed E-state index contributed by atoms with van der Waals surface area (Å²) in [6.45, 7) is 0.691. The van der Waals surface area contributed by atoms with Crippen molar-refractivity contribution in [1.82, 2.24) is 9.55 Å². The van der Waals surface area contributed by atoms with Gasteiger partial charge in [-0.25, -0.2) is 9.37 Å². The zero-order chi connectivity index (χ0) is 14.8. The van der Waals surface area contributed by atoms with Crippen LogP contribution in [0.4, 0.5) is 4.39 Å². The van der Waals surface area contributed by atoms with Crippen LogP contribution in [0.25, 0.3) is 11.0 Å². The number of aryl methyl sites for hydroxylation is 3. The molecule has 0 saturated heterocycles. The van der Waals surface area contributed by atoms with Gasteiger partial charge in [-0.05, 0) is 40.8 Å². The van der Waals surface area contributed by atoms with Gasteiger partial charge in [0.05, 0.1) is 20.9 Å². The fraction of sp³-hybridized carbons (Fsp3) is 0.267. The highest BCUT2D eigenvalue weighted by Crippen LogP contribution is 2.23. The van der Waals surface area contributed by atoms with Crippen LogP contribution in [0.15, 0.2) is 34.9 Å². The van der Waals surface area contributed by atoms with Gasteiger partial charge in [0, 0.05) is 31.3 Å². The molecule has 2 heterocycles.